The average Bonchev–Trinajstić information content (AvgIpc) is 2.40. The van der Waals surface area contributed by atoms with Crippen molar-refractivity contribution in [2.75, 3.05) is 31.7 Å². The smallest absolute Gasteiger partial charge is 0.325 e. The van der Waals surface area contributed by atoms with E-state index in [1.165, 1.54) is 0 Å². The van der Waals surface area contributed by atoms with Crippen LogP contribution in [0.25, 0.3) is 0 Å². The number of hydrogen-bond acceptors (Lipinski definition) is 4. The number of aliphatic carboxylic acids is 1. The molecular formula is C14H19NO3S. The Morgan fingerprint density at radius 1 is 1.47 bits per heavy atom. The number of methoxy groups -OCH3 is 1. The lowest BCUT2D eigenvalue weighted by Gasteiger charge is -2.32. The molecule has 0 radical (unpaired) electrons. The van der Waals surface area contributed by atoms with Gasteiger partial charge in [0.1, 0.15) is 6.04 Å². The monoisotopic (exact) mass is 281 g/mol. The fraction of sp³-hybridized carbons (Fsp3) is 0.500. The first-order valence-electron chi connectivity index (χ1n) is 6.34. The van der Waals surface area contributed by atoms with E-state index in [4.69, 9.17) is 4.74 Å². The van der Waals surface area contributed by atoms with Gasteiger partial charge in [-0.15, -0.1) is 0 Å². The van der Waals surface area contributed by atoms with E-state index in [0.717, 1.165) is 35.7 Å². The summed E-state index contributed by atoms with van der Waals surface area (Å²) >= 11 is 1.88. The highest BCUT2D eigenvalue weighted by molar-refractivity contribution is 7.99. The van der Waals surface area contributed by atoms with Gasteiger partial charge in [-0.05, 0) is 11.1 Å². The predicted octanol–water partition coefficient (Wildman–Crippen LogP) is 2.01. The maximum atomic E-state index is 11.6. The number of carbonyl (C=O) groups is 1. The zero-order valence-corrected chi connectivity index (χ0v) is 11.9. The zero-order valence-electron chi connectivity index (χ0n) is 11.0. The maximum Gasteiger partial charge on any atom is 0.325 e. The first kappa shape index (κ1) is 14.4. The van der Waals surface area contributed by atoms with Crippen molar-refractivity contribution in [3.05, 3.63) is 35.4 Å². The van der Waals surface area contributed by atoms with Crippen LogP contribution in [-0.2, 0) is 16.1 Å². The lowest BCUT2D eigenvalue weighted by Crippen LogP contribution is -2.39. The topological polar surface area (TPSA) is 49.8 Å². The van der Waals surface area contributed by atoms with Crippen molar-refractivity contribution in [1.82, 2.24) is 4.90 Å². The quantitative estimate of drug-likeness (QED) is 0.894. The molecule has 1 N–H and O–H groups in total. The molecule has 1 aliphatic heterocycles. The molecule has 1 atom stereocenters. The summed E-state index contributed by atoms with van der Waals surface area (Å²) in [5.74, 6) is 1.23. The van der Waals surface area contributed by atoms with Crippen LogP contribution >= 0.6 is 11.8 Å². The van der Waals surface area contributed by atoms with Gasteiger partial charge in [-0.1, -0.05) is 24.3 Å². The van der Waals surface area contributed by atoms with Gasteiger partial charge < -0.3 is 9.84 Å². The van der Waals surface area contributed by atoms with Gasteiger partial charge in [-0.3, -0.25) is 9.69 Å². The third-order valence-electron chi connectivity index (χ3n) is 3.22. The Morgan fingerprint density at radius 3 is 2.84 bits per heavy atom. The van der Waals surface area contributed by atoms with Gasteiger partial charge in [0.25, 0.3) is 0 Å². The summed E-state index contributed by atoms with van der Waals surface area (Å²) in [6.07, 6.45) is 0. The van der Waals surface area contributed by atoms with E-state index in [1.807, 2.05) is 40.9 Å². The van der Waals surface area contributed by atoms with Gasteiger partial charge in [0.2, 0.25) is 0 Å². The minimum atomic E-state index is -0.776. The zero-order chi connectivity index (χ0) is 13.7. The molecule has 4 nitrogen and oxygen atoms in total. The lowest BCUT2D eigenvalue weighted by atomic mass is 10.0. The van der Waals surface area contributed by atoms with Crippen LogP contribution in [-0.4, -0.2) is 47.7 Å². The van der Waals surface area contributed by atoms with Crippen LogP contribution in [0.15, 0.2) is 24.3 Å². The highest BCUT2D eigenvalue weighted by Crippen LogP contribution is 2.25. The summed E-state index contributed by atoms with van der Waals surface area (Å²) < 4.78 is 5.10. The average molecular weight is 281 g/mol. The van der Waals surface area contributed by atoms with Gasteiger partial charge in [0.15, 0.2) is 0 Å². The minimum absolute atomic E-state index is 0.510. The summed E-state index contributed by atoms with van der Waals surface area (Å²) in [6, 6.07) is 7.14. The number of hydrogen-bond donors (Lipinski definition) is 1. The van der Waals surface area contributed by atoms with Crippen molar-refractivity contribution in [1.29, 1.82) is 0 Å². The molecule has 0 aromatic heterocycles. The fourth-order valence-corrected chi connectivity index (χ4v) is 3.30. The summed E-state index contributed by atoms with van der Waals surface area (Å²) in [7, 11) is 1.64. The second-order valence-electron chi connectivity index (χ2n) is 4.57. The Kier molecular flexibility index (Phi) is 5.24. The number of carboxylic acids is 1. The van der Waals surface area contributed by atoms with Crippen LogP contribution in [0.5, 0.6) is 0 Å². The molecule has 1 heterocycles. The molecule has 2 rings (SSSR count). The number of ether oxygens (including phenoxy) is 1. The number of rotatable bonds is 5. The normalized spacial score (nSPS) is 18.2. The van der Waals surface area contributed by atoms with Crippen molar-refractivity contribution < 1.29 is 14.6 Å². The third kappa shape index (κ3) is 3.72. The molecule has 0 unspecified atom stereocenters. The van der Waals surface area contributed by atoms with E-state index >= 15 is 0 Å². The Labute approximate surface area is 117 Å². The molecule has 1 aliphatic rings. The summed E-state index contributed by atoms with van der Waals surface area (Å²) in [6.45, 7) is 2.17. The highest BCUT2D eigenvalue weighted by atomic mass is 32.2. The van der Waals surface area contributed by atoms with Crippen LogP contribution in [0.3, 0.4) is 0 Å². The van der Waals surface area contributed by atoms with Gasteiger partial charge in [-0.25, -0.2) is 0 Å². The van der Waals surface area contributed by atoms with Crippen LogP contribution in [0, 0.1) is 0 Å². The van der Waals surface area contributed by atoms with Crippen molar-refractivity contribution >= 4 is 17.7 Å². The van der Waals surface area contributed by atoms with Crippen molar-refractivity contribution in [3.63, 3.8) is 0 Å². The van der Waals surface area contributed by atoms with Crippen molar-refractivity contribution in [3.8, 4) is 0 Å². The molecule has 0 spiro atoms. The van der Waals surface area contributed by atoms with Crippen molar-refractivity contribution in [2.24, 2.45) is 0 Å². The first-order valence-corrected chi connectivity index (χ1v) is 7.50. The molecule has 1 aromatic rings. The molecule has 1 fully saturated rings. The van der Waals surface area contributed by atoms with Crippen LogP contribution in [0.4, 0.5) is 0 Å². The van der Waals surface area contributed by atoms with Gasteiger partial charge in [-0.2, -0.15) is 11.8 Å². The minimum Gasteiger partial charge on any atom is -0.480 e. The molecule has 5 heteroatoms. The first-order chi connectivity index (χ1) is 9.22. The van der Waals surface area contributed by atoms with E-state index in [1.54, 1.807) is 7.11 Å². The van der Waals surface area contributed by atoms with Gasteiger partial charge in [0, 0.05) is 31.7 Å². The summed E-state index contributed by atoms with van der Waals surface area (Å²) in [5, 5.41) is 9.52. The van der Waals surface area contributed by atoms with E-state index in [2.05, 4.69) is 0 Å². The predicted molar refractivity (Wildman–Crippen MR) is 76.4 cm³/mol. The molecule has 104 valence electrons. The lowest BCUT2D eigenvalue weighted by molar-refractivity contribution is -0.143. The third-order valence-corrected chi connectivity index (χ3v) is 4.17. The Morgan fingerprint density at radius 2 is 2.21 bits per heavy atom. The molecular weight excluding hydrogens is 262 g/mol. The van der Waals surface area contributed by atoms with Gasteiger partial charge >= 0.3 is 5.97 Å². The Hall–Kier alpha value is -1.04. The Bertz CT molecular complexity index is 432. The highest BCUT2D eigenvalue weighted by Gasteiger charge is 2.28. The van der Waals surface area contributed by atoms with Gasteiger partial charge in [0.05, 0.1) is 6.61 Å². The summed E-state index contributed by atoms with van der Waals surface area (Å²) in [4.78, 5) is 13.6. The second-order valence-corrected chi connectivity index (χ2v) is 5.79. The van der Waals surface area contributed by atoms with Crippen LogP contribution in [0.1, 0.15) is 17.2 Å². The largest absolute Gasteiger partial charge is 0.480 e. The number of benzene rings is 1. The van der Waals surface area contributed by atoms with E-state index in [0.29, 0.717) is 6.61 Å². The molecule has 1 aromatic carbocycles. The Balaban J connectivity index is 2.22. The summed E-state index contributed by atoms with van der Waals surface area (Å²) in [5.41, 5.74) is 1.85. The van der Waals surface area contributed by atoms with Crippen LogP contribution < -0.4 is 0 Å². The van der Waals surface area contributed by atoms with E-state index in [9.17, 15) is 9.90 Å². The van der Waals surface area contributed by atoms with Crippen LogP contribution in [0.2, 0.25) is 0 Å². The maximum absolute atomic E-state index is 11.6. The number of nitrogens with zero attached hydrogens (tertiary/aromatic N) is 1. The number of thioether (sulfide) groups is 1. The van der Waals surface area contributed by atoms with E-state index < -0.39 is 12.0 Å². The molecule has 19 heavy (non-hydrogen) atoms. The fourth-order valence-electron chi connectivity index (χ4n) is 2.36. The second kappa shape index (κ2) is 6.93. The van der Waals surface area contributed by atoms with E-state index in [-0.39, 0.29) is 0 Å². The molecule has 0 amide bonds. The number of carboxylic acid groups (broad SMARTS) is 1. The standard InChI is InChI=1S/C14H19NO3S/c1-18-10-11-3-2-4-12(9-11)13(14(16)17)15-5-7-19-8-6-15/h2-4,9,13H,5-8,10H2,1H3,(H,16,17)/t13-/m0/s1. The molecule has 0 saturated carbocycles. The van der Waals surface area contributed by atoms with Crippen molar-refractivity contribution in [2.45, 2.75) is 12.6 Å². The molecule has 0 aliphatic carbocycles. The molecule has 0 bridgehead atoms. The molecule has 1 saturated heterocycles. The SMILES string of the molecule is COCc1cccc([C@@H](C(=O)O)N2CCSCC2)c1.